The summed E-state index contributed by atoms with van der Waals surface area (Å²) in [5.74, 6) is 0. The summed E-state index contributed by atoms with van der Waals surface area (Å²) in [4.78, 5) is 11.6. The van der Waals surface area contributed by atoms with E-state index in [2.05, 4.69) is 16.0 Å². The Morgan fingerprint density at radius 3 is 2.56 bits per heavy atom. The van der Waals surface area contributed by atoms with Crippen LogP contribution >= 0.6 is 12.2 Å². The lowest BCUT2D eigenvalue weighted by Gasteiger charge is -2.26. The molecule has 25 heavy (non-hydrogen) atoms. The van der Waals surface area contributed by atoms with Gasteiger partial charge in [-0.15, -0.1) is 0 Å². The highest BCUT2D eigenvalue weighted by molar-refractivity contribution is 7.80. The van der Waals surface area contributed by atoms with Gasteiger partial charge in [0.1, 0.15) is 6.61 Å². The Bertz CT molecular complexity index is 532. The minimum atomic E-state index is -0.442. The maximum Gasteiger partial charge on any atom is 0.407 e. The van der Waals surface area contributed by atoms with Crippen LogP contribution in [-0.2, 0) is 11.3 Å². The molecule has 0 aliphatic rings. The van der Waals surface area contributed by atoms with Gasteiger partial charge >= 0.3 is 6.09 Å². The maximum absolute atomic E-state index is 11.6. The number of aliphatic hydroxyl groups excluding tert-OH is 1. The fraction of sp³-hybridized carbons (Fsp3) is 0.556. The largest absolute Gasteiger partial charge is 0.445 e. The zero-order valence-electron chi connectivity index (χ0n) is 15.2. The summed E-state index contributed by atoms with van der Waals surface area (Å²) in [6.07, 6.45) is 0.945. The summed E-state index contributed by atoms with van der Waals surface area (Å²) in [6.45, 7) is 6.75. The summed E-state index contributed by atoms with van der Waals surface area (Å²) in [7, 11) is 0. The van der Waals surface area contributed by atoms with Crippen LogP contribution < -0.4 is 16.0 Å². The number of thiocarbonyl (C=S) groups is 1. The Hall–Kier alpha value is -1.86. The molecule has 0 heterocycles. The van der Waals surface area contributed by atoms with Gasteiger partial charge in [0.05, 0.1) is 12.6 Å². The number of ether oxygens (including phenoxy) is 1. The van der Waals surface area contributed by atoms with E-state index in [4.69, 9.17) is 17.0 Å². The molecule has 1 atom stereocenters. The predicted octanol–water partition coefficient (Wildman–Crippen LogP) is 2.32. The minimum absolute atomic E-state index is 0.0234. The Morgan fingerprint density at radius 2 is 1.96 bits per heavy atom. The number of hydrogen-bond acceptors (Lipinski definition) is 4. The second kappa shape index (κ2) is 10.9. The molecule has 4 N–H and O–H groups in total. The topological polar surface area (TPSA) is 82.6 Å². The first-order chi connectivity index (χ1) is 11.8. The molecule has 0 unspecified atom stereocenters. The summed E-state index contributed by atoms with van der Waals surface area (Å²) in [5.41, 5.74) is 0.816. The predicted molar refractivity (Wildman–Crippen MR) is 103 cm³/mol. The van der Waals surface area contributed by atoms with Gasteiger partial charge in [-0.1, -0.05) is 30.3 Å². The van der Waals surface area contributed by atoms with Crippen molar-refractivity contribution in [2.24, 2.45) is 0 Å². The Labute approximate surface area is 155 Å². The van der Waals surface area contributed by atoms with Gasteiger partial charge in [-0.2, -0.15) is 0 Å². The van der Waals surface area contributed by atoms with Crippen LogP contribution in [-0.4, -0.2) is 41.0 Å². The highest BCUT2D eigenvalue weighted by Crippen LogP contribution is 2.02. The summed E-state index contributed by atoms with van der Waals surface area (Å²) in [5, 5.41) is 18.9. The Morgan fingerprint density at radius 1 is 1.28 bits per heavy atom. The third kappa shape index (κ3) is 10.6. The Kier molecular flexibility index (Phi) is 9.23. The molecule has 140 valence electrons. The second-order valence-electron chi connectivity index (χ2n) is 6.86. The third-order valence-corrected chi connectivity index (χ3v) is 3.48. The van der Waals surface area contributed by atoms with Crippen LogP contribution in [0, 0.1) is 0 Å². The molecular weight excluding hydrogens is 338 g/mol. The van der Waals surface area contributed by atoms with Crippen LogP contribution in [0.3, 0.4) is 0 Å². The van der Waals surface area contributed by atoms with Crippen molar-refractivity contribution in [1.29, 1.82) is 0 Å². The molecule has 1 aromatic rings. The molecule has 0 saturated carbocycles. The lowest BCUT2D eigenvalue weighted by atomic mass is 10.1. The van der Waals surface area contributed by atoms with Crippen LogP contribution in [0.25, 0.3) is 0 Å². The van der Waals surface area contributed by atoms with Crippen LogP contribution in [0.1, 0.15) is 39.2 Å². The van der Waals surface area contributed by atoms with E-state index >= 15 is 0 Å². The molecule has 1 amide bonds. The normalized spacial score (nSPS) is 12.2. The molecule has 1 rings (SSSR count). The molecule has 1 aromatic carbocycles. The van der Waals surface area contributed by atoms with Crippen LogP contribution in [0.2, 0.25) is 0 Å². The molecule has 0 saturated heterocycles. The number of carbonyl (C=O) groups excluding carboxylic acids is 1. The third-order valence-electron chi connectivity index (χ3n) is 3.26. The van der Waals surface area contributed by atoms with Gasteiger partial charge in [-0.25, -0.2) is 4.79 Å². The SMILES string of the molecule is CC(C)(C)NC(=S)N[C@@H](CO)CCCNC(=O)OCc1ccccc1. The van der Waals surface area contributed by atoms with E-state index in [0.717, 1.165) is 5.56 Å². The van der Waals surface area contributed by atoms with Crippen molar-refractivity contribution in [3.05, 3.63) is 35.9 Å². The van der Waals surface area contributed by atoms with Gasteiger partial charge in [0.15, 0.2) is 5.11 Å². The number of hydrogen-bond donors (Lipinski definition) is 4. The number of benzene rings is 1. The van der Waals surface area contributed by atoms with Crippen molar-refractivity contribution in [2.75, 3.05) is 13.2 Å². The number of aliphatic hydroxyl groups is 1. The molecule has 6 nitrogen and oxygen atoms in total. The molecule has 0 bridgehead atoms. The number of nitrogens with one attached hydrogen (secondary N) is 3. The average Bonchev–Trinajstić information content (AvgIpc) is 2.55. The standard InChI is InChI=1S/C18H29N3O3S/c1-18(2,3)21-16(25)20-15(12-22)10-7-11-19-17(23)24-13-14-8-5-4-6-9-14/h4-6,8-9,15,22H,7,10-13H2,1-3H3,(H,19,23)(H2,20,21,25)/t15-/m1/s1. The summed E-state index contributed by atoms with van der Waals surface area (Å²) in [6, 6.07) is 9.37. The maximum atomic E-state index is 11.6. The van der Waals surface area contributed by atoms with Gasteiger partial charge < -0.3 is 25.8 Å². The van der Waals surface area contributed by atoms with Gasteiger partial charge in [0.25, 0.3) is 0 Å². The fourth-order valence-electron chi connectivity index (χ4n) is 2.08. The molecule has 0 spiro atoms. The molecule has 0 aromatic heterocycles. The summed E-state index contributed by atoms with van der Waals surface area (Å²) < 4.78 is 5.14. The molecule has 0 fully saturated rings. The van der Waals surface area contributed by atoms with E-state index in [1.807, 2.05) is 51.1 Å². The van der Waals surface area contributed by atoms with Gasteiger partial charge in [-0.05, 0) is 51.4 Å². The smallest absolute Gasteiger partial charge is 0.407 e. The minimum Gasteiger partial charge on any atom is -0.445 e. The molecular formula is C18H29N3O3S. The molecule has 0 aliphatic carbocycles. The van der Waals surface area contributed by atoms with Gasteiger partial charge in [0.2, 0.25) is 0 Å². The van der Waals surface area contributed by atoms with Crippen molar-refractivity contribution in [3.63, 3.8) is 0 Å². The van der Waals surface area contributed by atoms with Crippen molar-refractivity contribution >= 4 is 23.4 Å². The Balaban J connectivity index is 2.17. The van der Waals surface area contributed by atoms with Crippen molar-refractivity contribution in [3.8, 4) is 0 Å². The number of alkyl carbamates (subject to hydrolysis) is 1. The van der Waals surface area contributed by atoms with E-state index in [1.54, 1.807) is 0 Å². The molecule has 7 heteroatoms. The monoisotopic (exact) mass is 367 g/mol. The zero-order chi connectivity index (χ0) is 18.7. The number of carbonyl (C=O) groups is 1. The number of rotatable bonds is 8. The van der Waals surface area contributed by atoms with E-state index in [1.165, 1.54) is 0 Å². The summed E-state index contributed by atoms with van der Waals surface area (Å²) >= 11 is 5.22. The van der Waals surface area contributed by atoms with Gasteiger partial charge in [0, 0.05) is 12.1 Å². The molecule has 0 radical (unpaired) electrons. The van der Waals surface area contributed by atoms with Crippen LogP contribution in [0.5, 0.6) is 0 Å². The fourth-order valence-corrected chi connectivity index (χ4v) is 2.56. The first-order valence-electron chi connectivity index (χ1n) is 8.44. The zero-order valence-corrected chi connectivity index (χ0v) is 16.0. The van der Waals surface area contributed by atoms with Crippen molar-refractivity contribution < 1.29 is 14.6 Å². The lowest BCUT2D eigenvalue weighted by molar-refractivity contribution is 0.139. The highest BCUT2D eigenvalue weighted by Gasteiger charge is 2.14. The first-order valence-corrected chi connectivity index (χ1v) is 8.85. The van der Waals surface area contributed by atoms with E-state index in [-0.39, 0.29) is 24.8 Å². The quantitative estimate of drug-likeness (QED) is 0.417. The van der Waals surface area contributed by atoms with Crippen LogP contribution in [0.15, 0.2) is 30.3 Å². The lowest BCUT2D eigenvalue weighted by Crippen LogP contribution is -2.50. The van der Waals surface area contributed by atoms with Crippen molar-refractivity contribution in [1.82, 2.24) is 16.0 Å². The second-order valence-corrected chi connectivity index (χ2v) is 7.27. The van der Waals surface area contributed by atoms with E-state index in [9.17, 15) is 9.90 Å². The van der Waals surface area contributed by atoms with E-state index < -0.39 is 6.09 Å². The first kappa shape index (κ1) is 21.2. The van der Waals surface area contributed by atoms with Crippen LogP contribution in [0.4, 0.5) is 4.79 Å². The highest BCUT2D eigenvalue weighted by atomic mass is 32.1. The van der Waals surface area contributed by atoms with Crippen molar-refractivity contribution in [2.45, 2.75) is 51.8 Å². The molecule has 0 aliphatic heterocycles. The average molecular weight is 368 g/mol. The number of amides is 1. The van der Waals surface area contributed by atoms with E-state index in [0.29, 0.717) is 24.5 Å². The van der Waals surface area contributed by atoms with Gasteiger partial charge in [-0.3, -0.25) is 0 Å².